The first kappa shape index (κ1) is 18.8. The number of hydrogen-bond acceptors (Lipinski definition) is 5. The van der Waals surface area contributed by atoms with Crippen LogP contribution >= 0.6 is 0 Å². The molecule has 2 heterocycles. The summed E-state index contributed by atoms with van der Waals surface area (Å²) in [5, 5.41) is 6.67. The maximum Gasteiger partial charge on any atom is 0.251 e. The predicted octanol–water partition coefficient (Wildman–Crippen LogP) is 2.97. The molecule has 0 radical (unpaired) electrons. The molecule has 0 spiro atoms. The molecule has 0 aliphatic carbocycles. The van der Waals surface area contributed by atoms with Gasteiger partial charge in [0.2, 0.25) is 11.8 Å². The Kier molecular flexibility index (Phi) is 5.07. The highest BCUT2D eigenvalue weighted by Crippen LogP contribution is 2.31. The van der Waals surface area contributed by atoms with Crippen molar-refractivity contribution in [2.24, 2.45) is 0 Å². The summed E-state index contributed by atoms with van der Waals surface area (Å²) in [6.45, 7) is 2.11. The first-order chi connectivity index (χ1) is 14.0. The summed E-state index contributed by atoms with van der Waals surface area (Å²) >= 11 is 0. The van der Waals surface area contributed by atoms with Gasteiger partial charge in [0.05, 0.1) is 6.54 Å². The largest absolute Gasteiger partial charge is 0.343 e. The number of nitrogens with one attached hydrogen (secondary N) is 1. The number of aromatic nitrogens is 2. The summed E-state index contributed by atoms with van der Waals surface area (Å²) in [4.78, 5) is 30.3. The van der Waals surface area contributed by atoms with Crippen LogP contribution in [0.5, 0.6) is 0 Å². The van der Waals surface area contributed by atoms with Crippen LogP contribution in [-0.4, -0.2) is 28.5 Å². The lowest BCUT2D eigenvalue weighted by Gasteiger charge is -2.16. The van der Waals surface area contributed by atoms with Crippen LogP contribution in [0.25, 0.3) is 0 Å². The molecule has 8 heteroatoms. The minimum atomic E-state index is -0.352. The van der Waals surface area contributed by atoms with Gasteiger partial charge in [0.15, 0.2) is 5.82 Å². The van der Waals surface area contributed by atoms with E-state index in [2.05, 4.69) is 15.5 Å². The molecule has 1 N–H and O–H groups in total. The van der Waals surface area contributed by atoms with Gasteiger partial charge in [0.25, 0.3) is 5.91 Å². The number of halogens is 1. The zero-order chi connectivity index (χ0) is 20.4. The molecule has 148 valence electrons. The fraction of sp³-hybridized carbons (Fsp3) is 0.238. The van der Waals surface area contributed by atoms with Crippen LogP contribution in [0.4, 0.5) is 10.1 Å². The lowest BCUT2D eigenvalue weighted by molar-refractivity contribution is -0.117. The van der Waals surface area contributed by atoms with Crippen LogP contribution in [0.1, 0.15) is 40.0 Å². The summed E-state index contributed by atoms with van der Waals surface area (Å²) in [6.07, 6.45) is 0.213. The number of aryl methyl sites for hydroxylation is 1. The summed E-state index contributed by atoms with van der Waals surface area (Å²) < 4.78 is 19.1. The zero-order valence-electron chi connectivity index (χ0n) is 15.8. The van der Waals surface area contributed by atoms with Crippen molar-refractivity contribution >= 4 is 17.5 Å². The van der Waals surface area contributed by atoms with Crippen molar-refractivity contribution in [1.82, 2.24) is 15.5 Å². The van der Waals surface area contributed by atoms with Crippen molar-refractivity contribution in [3.8, 4) is 0 Å². The van der Waals surface area contributed by atoms with E-state index in [1.807, 2.05) is 6.07 Å². The van der Waals surface area contributed by atoms with E-state index >= 15 is 0 Å². The van der Waals surface area contributed by atoms with Crippen LogP contribution in [0, 0.1) is 12.7 Å². The number of carbonyl (C=O) groups is 2. The SMILES string of the molecule is Cc1ccc(N2CC(c3noc(CNC(=O)c4ccccc4)n3)CC2=O)cc1F. The number of anilines is 1. The van der Waals surface area contributed by atoms with Crippen molar-refractivity contribution < 1.29 is 18.5 Å². The molecule has 3 aromatic rings. The van der Waals surface area contributed by atoms with Gasteiger partial charge in [-0.25, -0.2) is 4.39 Å². The topological polar surface area (TPSA) is 88.3 Å². The van der Waals surface area contributed by atoms with Gasteiger partial charge in [-0.3, -0.25) is 9.59 Å². The number of hydrogen-bond donors (Lipinski definition) is 1. The Balaban J connectivity index is 1.40. The summed E-state index contributed by atoms with van der Waals surface area (Å²) in [7, 11) is 0. The molecule has 2 amide bonds. The molecule has 1 aliphatic heterocycles. The van der Waals surface area contributed by atoms with Crippen LogP contribution < -0.4 is 10.2 Å². The van der Waals surface area contributed by atoms with Gasteiger partial charge < -0.3 is 14.7 Å². The number of nitrogens with zero attached hydrogens (tertiary/aromatic N) is 3. The lowest BCUT2D eigenvalue weighted by Crippen LogP contribution is -2.24. The maximum absolute atomic E-state index is 13.8. The van der Waals surface area contributed by atoms with Gasteiger partial charge in [-0.1, -0.05) is 29.4 Å². The van der Waals surface area contributed by atoms with Gasteiger partial charge in [-0.2, -0.15) is 4.98 Å². The molecule has 1 unspecified atom stereocenters. The van der Waals surface area contributed by atoms with E-state index in [4.69, 9.17) is 4.52 Å². The van der Waals surface area contributed by atoms with Crippen molar-refractivity contribution in [3.63, 3.8) is 0 Å². The third-order valence-corrected chi connectivity index (χ3v) is 4.88. The fourth-order valence-electron chi connectivity index (χ4n) is 3.23. The monoisotopic (exact) mass is 394 g/mol. The Morgan fingerprint density at radius 2 is 2.07 bits per heavy atom. The van der Waals surface area contributed by atoms with E-state index in [1.54, 1.807) is 43.3 Å². The summed E-state index contributed by atoms with van der Waals surface area (Å²) in [5.41, 5.74) is 1.58. The minimum absolute atomic E-state index is 0.0915. The van der Waals surface area contributed by atoms with E-state index in [9.17, 15) is 14.0 Å². The third-order valence-electron chi connectivity index (χ3n) is 4.88. The molecule has 1 saturated heterocycles. The molecular weight excluding hydrogens is 375 g/mol. The normalized spacial score (nSPS) is 16.3. The van der Waals surface area contributed by atoms with E-state index in [0.717, 1.165) is 0 Å². The van der Waals surface area contributed by atoms with Gasteiger partial charge in [-0.05, 0) is 36.8 Å². The van der Waals surface area contributed by atoms with Crippen molar-refractivity contribution in [2.75, 3.05) is 11.4 Å². The molecule has 1 aliphatic rings. The maximum atomic E-state index is 13.8. The molecule has 1 atom stereocenters. The number of amides is 2. The van der Waals surface area contributed by atoms with Crippen molar-refractivity contribution in [3.05, 3.63) is 77.2 Å². The molecular formula is C21H19FN4O3. The fourth-order valence-corrected chi connectivity index (χ4v) is 3.23. The second-order valence-corrected chi connectivity index (χ2v) is 6.93. The molecule has 0 bridgehead atoms. The first-order valence-corrected chi connectivity index (χ1v) is 9.23. The van der Waals surface area contributed by atoms with E-state index < -0.39 is 0 Å². The Morgan fingerprint density at radius 1 is 1.28 bits per heavy atom. The standard InChI is InChI=1S/C21H19FN4O3/c1-13-7-8-16(10-17(13)22)26-12-15(9-19(26)27)20-24-18(29-25-20)11-23-21(28)14-5-3-2-4-6-14/h2-8,10,15H,9,11-12H2,1H3,(H,23,28). The second-order valence-electron chi connectivity index (χ2n) is 6.93. The highest BCUT2D eigenvalue weighted by Gasteiger charge is 2.34. The van der Waals surface area contributed by atoms with Crippen LogP contribution in [0.2, 0.25) is 0 Å². The number of carbonyl (C=O) groups excluding carboxylic acids is 2. The molecule has 1 fully saturated rings. The molecule has 2 aromatic carbocycles. The lowest BCUT2D eigenvalue weighted by atomic mass is 10.1. The van der Waals surface area contributed by atoms with Crippen molar-refractivity contribution in [2.45, 2.75) is 25.8 Å². The Morgan fingerprint density at radius 3 is 2.83 bits per heavy atom. The third kappa shape index (κ3) is 4.01. The van der Waals surface area contributed by atoms with Crippen molar-refractivity contribution in [1.29, 1.82) is 0 Å². The Hall–Kier alpha value is -3.55. The predicted molar refractivity (Wildman–Crippen MR) is 103 cm³/mol. The summed E-state index contributed by atoms with van der Waals surface area (Å²) in [5.74, 6) is -0.311. The van der Waals surface area contributed by atoms with E-state index in [0.29, 0.717) is 29.2 Å². The minimum Gasteiger partial charge on any atom is -0.343 e. The summed E-state index contributed by atoms with van der Waals surface area (Å²) in [6, 6.07) is 13.5. The molecule has 29 heavy (non-hydrogen) atoms. The number of benzene rings is 2. The molecule has 7 nitrogen and oxygen atoms in total. The quantitative estimate of drug-likeness (QED) is 0.719. The average Bonchev–Trinajstić information content (AvgIpc) is 3.35. The highest BCUT2D eigenvalue weighted by atomic mass is 19.1. The van der Waals surface area contributed by atoms with Gasteiger partial charge >= 0.3 is 0 Å². The van der Waals surface area contributed by atoms with Crippen LogP contribution in [0.15, 0.2) is 53.1 Å². The van der Waals surface area contributed by atoms with Crippen LogP contribution in [-0.2, 0) is 11.3 Å². The number of rotatable bonds is 5. The van der Waals surface area contributed by atoms with Crippen LogP contribution in [0.3, 0.4) is 0 Å². The van der Waals surface area contributed by atoms with Gasteiger partial charge in [0, 0.05) is 30.1 Å². The Bertz CT molecular complexity index is 1050. The highest BCUT2D eigenvalue weighted by molar-refractivity contribution is 5.96. The van der Waals surface area contributed by atoms with E-state index in [-0.39, 0.29) is 42.4 Å². The van der Waals surface area contributed by atoms with E-state index in [1.165, 1.54) is 11.0 Å². The zero-order valence-corrected chi connectivity index (χ0v) is 15.8. The molecule has 0 saturated carbocycles. The van der Waals surface area contributed by atoms with Gasteiger partial charge in [-0.15, -0.1) is 0 Å². The second kappa shape index (κ2) is 7.83. The average molecular weight is 394 g/mol. The smallest absolute Gasteiger partial charge is 0.251 e. The first-order valence-electron chi connectivity index (χ1n) is 9.23. The molecule has 4 rings (SSSR count). The van der Waals surface area contributed by atoms with Gasteiger partial charge in [0.1, 0.15) is 5.82 Å². The molecule has 1 aromatic heterocycles. The Labute approximate surface area is 166 Å².